The van der Waals surface area contributed by atoms with Crippen LogP contribution in [-0.4, -0.2) is 84.3 Å². The number of benzene rings is 2. The Morgan fingerprint density at radius 1 is 1.21 bits per heavy atom. The van der Waals surface area contributed by atoms with Crippen LogP contribution in [0.15, 0.2) is 42.5 Å². The molecular formula is C30H37N3O6. The number of amides is 1. The molecule has 0 bridgehead atoms. The number of likely N-dealkylation sites (tertiary alicyclic amines) is 1. The van der Waals surface area contributed by atoms with Gasteiger partial charge in [-0.3, -0.25) is 4.79 Å². The van der Waals surface area contributed by atoms with E-state index in [1.807, 2.05) is 44.2 Å². The van der Waals surface area contributed by atoms with Crippen LogP contribution < -0.4 is 14.4 Å². The molecule has 0 radical (unpaired) electrons. The number of nitrogens with zero attached hydrogens (tertiary/aromatic N) is 3. The Kier molecular flexibility index (Phi) is 8.50. The summed E-state index contributed by atoms with van der Waals surface area (Å²) < 4.78 is 11.9. The number of aliphatic hydroxyl groups excluding tert-OH is 3. The van der Waals surface area contributed by atoms with Gasteiger partial charge >= 0.3 is 0 Å². The van der Waals surface area contributed by atoms with Crippen molar-refractivity contribution < 1.29 is 29.6 Å². The largest absolute Gasteiger partial charge is 0.493 e. The number of anilines is 1. The number of carbonyl (C=O) groups excluding carboxylic acids is 1. The second-order valence-electron chi connectivity index (χ2n) is 10.7. The molecule has 9 nitrogen and oxygen atoms in total. The fourth-order valence-corrected chi connectivity index (χ4v) is 5.49. The highest BCUT2D eigenvalue weighted by Gasteiger charge is 2.49. The Bertz CT molecular complexity index is 1270. The van der Waals surface area contributed by atoms with Crippen LogP contribution in [0.2, 0.25) is 0 Å². The molecule has 2 fully saturated rings. The molecule has 9 heteroatoms. The van der Waals surface area contributed by atoms with Crippen molar-refractivity contribution in [2.45, 2.75) is 45.0 Å². The molecule has 2 aliphatic heterocycles. The molecule has 4 rings (SSSR count). The molecule has 1 unspecified atom stereocenters. The third kappa shape index (κ3) is 5.74. The highest BCUT2D eigenvalue weighted by atomic mass is 16.5. The van der Waals surface area contributed by atoms with Crippen molar-refractivity contribution in [2.24, 2.45) is 5.41 Å². The lowest BCUT2D eigenvalue weighted by Gasteiger charge is -2.41. The minimum Gasteiger partial charge on any atom is -0.493 e. The smallest absolute Gasteiger partial charge is 0.253 e. The predicted molar refractivity (Wildman–Crippen MR) is 148 cm³/mol. The molecule has 39 heavy (non-hydrogen) atoms. The number of ether oxygens (including phenoxy) is 2. The van der Waals surface area contributed by atoms with Gasteiger partial charge in [-0.2, -0.15) is 5.26 Å². The van der Waals surface area contributed by atoms with Gasteiger partial charge in [-0.25, -0.2) is 0 Å². The average molecular weight is 536 g/mol. The van der Waals surface area contributed by atoms with Gasteiger partial charge in [-0.15, -0.1) is 0 Å². The lowest BCUT2D eigenvalue weighted by molar-refractivity contribution is -0.141. The monoisotopic (exact) mass is 535 g/mol. The first-order valence-corrected chi connectivity index (χ1v) is 13.1. The van der Waals surface area contributed by atoms with Crippen LogP contribution in [0.4, 0.5) is 5.69 Å². The molecule has 0 aromatic heterocycles. The van der Waals surface area contributed by atoms with E-state index in [1.165, 1.54) is 11.0 Å². The molecule has 0 spiro atoms. The van der Waals surface area contributed by atoms with Crippen molar-refractivity contribution in [3.8, 4) is 17.6 Å². The van der Waals surface area contributed by atoms with E-state index in [0.717, 1.165) is 22.4 Å². The van der Waals surface area contributed by atoms with E-state index in [9.17, 15) is 20.1 Å². The van der Waals surface area contributed by atoms with Gasteiger partial charge < -0.3 is 34.6 Å². The SMILES string of the molecule is COc1ccc([C@@H]2CN(C(=O)C(O)CO)C[C@@]2(C)[C@@H](C)O)cc1OC1CN(c2ccc(C)cc2C=CC#N)C1. The summed E-state index contributed by atoms with van der Waals surface area (Å²) in [5.74, 6) is 0.402. The van der Waals surface area contributed by atoms with Crippen LogP contribution in [0, 0.1) is 23.7 Å². The minimum absolute atomic E-state index is 0.0762. The number of aliphatic hydroxyl groups is 3. The van der Waals surface area contributed by atoms with Gasteiger partial charge in [0, 0.05) is 36.2 Å². The summed E-state index contributed by atoms with van der Waals surface area (Å²) in [6.07, 6.45) is 1.01. The Morgan fingerprint density at radius 2 is 1.95 bits per heavy atom. The molecule has 2 aromatic carbocycles. The van der Waals surface area contributed by atoms with Crippen LogP contribution in [0.25, 0.3) is 6.08 Å². The summed E-state index contributed by atoms with van der Waals surface area (Å²) in [4.78, 5) is 16.3. The fraction of sp³-hybridized carbons (Fsp3) is 0.467. The summed E-state index contributed by atoms with van der Waals surface area (Å²) in [6.45, 7) is 6.89. The summed E-state index contributed by atoms with van der Waals surface area (Å²) in [6, 6.07) is 13.9. The number of hydrogen-bond acceptors (Lipinski definition) is 8. The highest BCUT2D eigenvalue weighted by Crippen LogP contribution is 2.47. The molecule has 1 amide bonds. The first kappa shape index (κ1) is 28.4. The van der Waals surface area contributed by atoms with Crippen molar-refractivity contribution in [1.29, 1.82) is 5.26 Å². The van der Waals surface area contributed by atoms with Crippen molar-refractivity contribution in [3.05, 3.63) is 59.2 Å². The third-order valence-electron chi connectivity index (χ3n) is 8.05. The number of methoxy groups -OCH3 is 1. The molecular weight excluding hydrogens is 498 g/mol. The van der Waals surface area contributed by atoms with E-state index in [1.54, 1.807) is 14.0 Å². The quantitative estimate of drug-likeness (QED) is 0.418. The molecule has 4 atom stereocenters. The normalized spacial score (nSPS) is 22.9. The van der Waals surface area contributed by atoms with Crippen LogP contribution in [0.1, 0.15) is 36.5 Å². The van der Waals surface area contributed by atoms with Crippen molar-refractivity contribution in [3.63, 3.8) is 0 Å². The van der Waals surface area contributed by atoms with Gasteiger partial charge in [0.05, 0.1) is 39.0 Å². The summed E-state index contributed by atoms with van der Waals surface area (Å²) in [5.41, 5.74) is 3.37. The standard InChI is InChI=1S/C30H37N3O6/c1-19-7-9-25(22(12-19)6-5-11-31)32-14-23(15-32)39-28-13-21(8-10-27(28)38-4)24-16-33(29(37)26(36)17-34)18-30(24,3)20(2)35/h5-10,12-13,20,23-24,26,34-36H,14-18H2,1-4H3/t20-,24+,26?,30+/m1/s1. The fourth-order valence-electron chi connectivity index (χ4n) is 5.49. The first-order valence-electron chi connectivity index (χ1n) is 13.1. The molecule has 2 aliphatic rings. The highest BCUT2D eigenvalue weighted by molar-refractivity contribution is 5.81. The zero-order valence-corrected chi connectivity index (χ0v) is 22.9. The van der Waals surface area contributed by atoms with Crippen molar-refractivity contribution >= 4 is 17.7 Å². The van der Waals surface area contributed by atoms with Crippen LogP contribution in [0.3, 0.4) is 0 Å². The van der Waals surface area contributed by atoms with E-state index in [4.69, 9.17) is 14.7 Å². The van der Waals surface area contributed by atoms with Gasteiger partial charge in [0.25, 0.3) is 5.91 Å². The second-order valence-corrected chi connectivity index (χ2v) is 10.7. The van der Waals surface area contributed by atoms with Crippen LogP contribution in [-0.2, 0) is 4.79 Å². The minimum atomic E-state index is -1.48. The molecule has 208 valence electrons. The Labute approximate surface area is 229 Å². The molecule has 0 saturated carbocycles. The first-order chi connectivity index (χ1) is 18.6. The van der Waals surface area contributed by atoms with Crippen LogP contribution in [0.5, 0.6) is 11.5 Å². The van der Waals surface area contributed by atoms with Gasteiger partial charge in [0.1, 0.15) is 6.10 Å². The number of rotatable bonds is 9. The molecule has 2 saturated heterocycles. The van der Waals surface area contributed by atoms with E-state index in [-0.39, 0.29) is 18.6 Å². The van der Waals surface area contributed by atoms with E-state index >= 15 is 0 Å². The number of carbonyl (C=O) groups is 1. The van der Waals surface area contributed by atoms with Gasteiger partial charge in [-0.1, -0.05) is 24.6 Å². The topological polar surface area (TPSA) is 126 Å². The average Bonchev–Trinajstić information content (AvgIpc) is 3.27. The number of hydrogen-bond donors (Lipinski definition) is 3. The van der Waals surface area contributed by atoms with E-state index in [2.05, 4.69) is 23.1 Å². The van der Waals surface area contributed by atoms with Crippen molar-refractivity contribution in [2.75, 3.05) is 44.8 Å². The molecule has 0 aliphatic carbocycles. The number of aryl methyl sites for hydroxylation is 1. The van der Waals surface area contributed by atoms with Gasteiger partial charge in [0.2, 0.25) is 0 Å². The Hall–Kier alpha value is -3.58. The van der Waals surface area contributed by atoms with Crippen molar-refractivity contribution in [1.82, 2.24) is 4.90 Å². The lowest BCUT2D eigenvalue weighted by atomic mass is 9.72. The van der Waals surface area contributed by atoms with Crippen LogP contribution >= 0.6 is 0 Å². The Morgan fingerprint density at radius 3 is 2.59 bits per heavy atom. The molecule has 3 N–H and O–H groups in total. The van der Waals surface area contributed by atoms with E-state index in [0.29, 0.717) is 31.1 Å². The van der Waals surface area contributed by atoms with Gasteiger partial charge in [0.15, 0.2) is 17.6 Å². The Balaban J connectivity index is 1.53. The lowest BCUT2D eigenvalue weighted by Crippen LogP contribution is -2.54. The number of nitriles is 1. The summed E-state index contributed by atoms with van der Waals surface area (Å²) in [5, 5.41) is 38.8. The number of allylic oxidation sites excluding steroid dienone is 1. The maximum absolute atomic E-state index is 12.6. The third-order valence-corrected chi connectivity index (χ3v) is 8.05. The molecule has 2 heterocycles. The zero-order chi connectivity index (χ0) is 28.3. The molecule has 2 aromatic rings. The van der Waals surface area contributed by atoms with Gasteiger partial charge in [-0.05, 0) is 55.3 Å². The van der Waals surface area contributed by atoms with E-state index < -0.39 is 30.1 Å². The zero-order valence-electron chi connectivity index (χ0n) is 22.9. The predicted octanol–water partition coefficient (Wildman–Crippen LogP) is 2.47. The summed E-state index contributed by atoms with van der Waals surface area (Å²) in [7, 11) is 1.58. The maximum atomic E-state index is 12.6. The summed E-state index contributed by atoms with van der Waals surface area (Å²) >= 11 is 0. The maximum Gasteiger partial charge on any atom is 0.253 e. The second kappa shape index (κ2) is 11.7.